The molecule has 0 amide bonds. The van der Waals surface area contributed by atoms with E-state index in [4.69, 9.17) is 5.73 Å². The summed E-state index contributed by atoms with van der Waals surface area (Å²) in [5, 5.41) is 4.55. The summed E-state index contributed by atoms with van der Waals surface area (Å²) in [7, 11) is 0. The number of pyridine rings is 1. The maximum atomic E-state index is 5.88. The van der Waals surface area contributed by atoms with Gasteiger partial charge < -0.3 is 16.0 Å². The van der Waals surface area contributed by atoms with Crippen LogP contribution in [0.4, 0.5) is 11.4 Å². The number of aryl methyl sites for hydroxylation is 2. The molecular weight excluding hydrogens is 262 g/mol. The number of nitrogens with two attached hydrogens (primary N) is 1. The van der Waals surface area contributed by atoms with Gasteiger partial charge in [-0.3, -0.25) is 4.98 Å². The zero-order valence-electron chi connectivity index (χ0n) is 12.1. The Morgan fingerprint density at radius 3 is 3.00 bits per heavy atom. The van der Waals surface area contributed by atoms with Crippen LogP contribution < -0.4 is 11.1 Å². The summed E-state index contributed by atoms with van der Waals surface area (Å²) in [6.07, 6.45) is 5.58. The van der Waals surface area contributed by atoms with Crippen LogP contribution >= 0.6 is 0 Å². The Balaban J connectivity index is 1.72. The van der Waals surface area contributed by atoms with Gasteiger partial charge in [-0.25, -0.2) is 4.98 Å². The highest BCUT2D eigenvalue weighted by atomic mass is 14.9. The second kappa shape index (κ2) is 5.83. The van der Waals surface area contributed by atoms with Gasteiger partial charge in [0.2, 0.25) is 0 Å². The first-order valence-corrected chi connectivity index (χ1v) is 7.11. The molecule has 21 heavy (non-hydrogen) atoms. The average Bonchev–Trinajstić information content (AvgIpc) is 2.97. The first-order chi connectivity index (χ1) is 10.2. The normalized spacial score (nSPS) is 10.9. The molecule has 3 aromatic rings. The number of hydrogen-bond acceptors (Lipinski definition) is 4. The van der Waals surface area contributed by atoms with E-state index in [1.165, 1.54) is 0 Å². The van der Waals surface area contributed by atoms with Gasteiger partial charge in [-0.2, -0.15) is 0 Å². The molecule has 5 heteroatoms. The van der Waals surface area contributed by atoms with Crippen LogP contribution in [0.2, 0.25) is 0 Å². The third-order valence-electron chi connectivity index (χ3n) is 3.42. The van der Waals surface area contributed by atoms with Crippen molar-refractivity contribution in [2.24, 2.45) is 0 Å². The van der Waals surface area contributed by atoms with E-state index in [9.17, 15) is 0 Å². The number of fused-ring (bicyclic) bond motifs is 1. The van der Waals surface area contributed by atoms with Gasteiger partial charge in [0.25, 0.3) is 0 Å². The summed E-state index contributed by atoms with van der Waals surface area (Å²) < 4.78 is 0. The van der Waals surface area contributed by atoms with E-state index < -0.39 is 0 Å². The minimum atomic E-state index is 0.756. The van der Waals surface area contributed by atoms with E-state index in [1.807, 2.05) is 31.3 Å². The SMILES string of the molecule is Cc1cc(NCCCc2ncc[nH]2)c2cc(N)ccc2n1. The smallest absolute Gasteiger partial charge is 0.106 e. The summed E-state index contributed by atoms with van der Waals surface area (Å²) in [4.78, 5) is 11.9. The van der Waals surface area contributed by atoms with Crippen molar-refractivity contribution in [1.82, 2.24) is 15.0 Å². The molecule has 108 valence electrons. The van der Waals surface area contributed by atoms with E-state index >= 15 is 0 Å². The molecule has 0 fully saturated rings. The fourth-order valence-electron chi connectivity index (χ4n) is 2.44. The molecule has 4 N–H and O–H groups in total. The van der Waals surface area contributed by atoms with Crippen LogP contribution in [0.25, 0.3) is 10.9 Å². The van der Waals surface area contributed by atoms with Gasteiger partial charge >= 0.3 is 0 Å². The van der Waals surface area contributed by atoms with Crippen LogP contribution in [-0.4, -0.2) is 21.5 Å². The van der Waals surface area contributed by atoms with E-state index in [0.29, 0.717) is 0 Å². The molecule has 2 heterocycles. The molecule has 5 nitrogen and oxygen atoms in total. The summed E-state index contributed by atoms with van der Waals surface area (Å²) in [5.41, 5.74) is 9.70. The molecule has 0 saturated heterocycles. The van der Waals surface area contributed by atoms with Crippen molar-refractivity contribution in [3.8, 4) is 0 Å². The zero-order chi connectivity index (χ0) is 14.7. The lowest BCUT2D eigenvalue weighted by Gasteiger charge is -2.11. The van der Waals surface area contributed by atoms with Crippen LogP contribution in [0.3, 0.4) is 0 Å². The lowest BCUT2D eigenvalue weighted by molar-refractivity contribution is 0.817. The van der Waals surface area contributed by atoms with Crippen molar-refractivity contribution < 1.29 is 0 Å². The molecular formula is C16H19N5. The summed E-state index contributed by atoms with van der Waals surface area (Å²) >= 11 is 0. The van der Waals surface area contributed by atoms with Crippen molar-refractivity contribution in [1.29, 1.82) is 0 Å². The Kier molecular flexibility index (Phi) is 3.73. The van der Waals surface area contributed by atoms with Crippen LogP contribution in [-0.2, 0) is 6.42 Å². The lowest BCUT2D eigenvalue weighted by atomic mass is 10.1. The molecule has 0 aliphatic rings. The van der Waals surface area contributed by atoms with Crippen molar-refractivity contribution in [2.75, 3.05) is 17.6 Å². The third-order valence-corrected chi connectivity index (χ3v) is 3.42. The standard InChI is InChI=1S/C16H19N5/c1-11-9-15(13-10-12(17)4-5-14(13)21-11)18-6-2-3-16-19-7-8-20-16/h4-5,7-10H,2-3,6,17H2,1H3,(H,18,21)(H,19,20). The number of rotatable bonds is 5. The average molecular weight is 281 g/mol. The molecule has 0 spiro atoms. The Morgan fingerprint density at radius 1 is 1.29 bits per heavy atom. The maximum Gasteiger partial charge on any atom is 0.106 e. The van der Waals surface area contributed by atoms with Crippen LogP contribution in [0.5, 0.6) is 0 Å². The van der Waals surface area contributed by atoms with Crippen molar-refractivity contribution in [3.63, 3.8) is 0 Å². The molecule has 0 radical (unpaired) electrons. The largest absolute Gasteiger partial charge is 0.399 e. The van der Waals surface area contributed by atoms with Crippen molar-refractivity contribution in [3.05, 3.63) is 48.2 Å². The molecule has 2 aromatic heterocycles. The zero-order valence-corrected chi connectivity index (χ0v) is 12.1. The number of aromatic amines is 1. The van der Waals surface area contributed by atoms with Crippen LogP contribution in [0.15, 0.2) is 36.7 Å². The molecule has 3 rings (SSSR count). The summed E-state index contributed by atoms with van der Waals surface area (Å²) in [6.45, 7) is 2.89. The molecule has 0 atom stereocenters. The first-order valence-electron chi connectivity index (χ1n) is 7.11. The number of anilines is 2. The molecule has 0 unspecified atom stereocenters. The van der Waals surface area contributed by atoms with Gasteiger partial charge in [-0.1, -0.05) is 0 Å². The lowest BCUT2D eigenvalue weighted by Crippen LogP contribution is -2.05. The van der Waals surface area contributed by atoms with Gasteiger partial charge in [-0.15, -0.1) is 0 Å². The van der Waals surface area contributed by atoms with Crippen molar-refractivity contribution in [2.45, 2.75) is 19.8 Å². The van der Waals surface area contributed by atoms with Gasteiger partial charge in [0.1, 0.15) is 5.82 Å². The predicted octanol–water partition coefficient (Wildman–Crippen LogP) is 2.89. The van der Waals surface area contributed by atoms with Crippen LogP contribution in [0.1, 0.15) is 17.9 Å². The molecule has 0 aliphatic heterocycles. The van der Waals surface area contributed by atoms with Gasteiger partial charge in [0.05, 0.1) is 5.52 Å². The molecule has 1 aromatic carbocycles. The van der Waals surface area contributed by atoms with Gasteiger partial charge in [-0.05, 0) is 37.6 Å². The minimum Gasteiger partial charge on any atom is -0.399 e. The highest BCUT2D eigenvalue weighted by Gasteiger charge is 2.04. The summed E-state index contributed by atoms with van der Waals surface area (Å²) in [6, 6.07) is 7.88. The number of imidazole rings is 1. The Hall–Kier alpha value is -2.56. The number of H-pyrrole nitrogens is 1. The van der Waals surface area contributed by atoms with Gasteiger partial charge in [0.15, 0.2) is 0 Å². The van der Waals surface area contributed by atoms with Crippen molar-refractivity contribution >= 4 is 22.3 Å². The topological polar surface area (TPSA) is 79.6 Å². The number of nitrogen functional groups attached to an aromatic ring is 1. The highest BCUT2D eigenvalue weighted by molar-refractivity contribution is 5.93. The fraction of sp³-hybridized carbons (Fsp3) is 0.250. The Labute approximate surface area is 123 Å². The molecule has 0 aliphatic carbocycles. The first kappa shape index (κ1) is 13.4. The fourth-order valence-corrected chi connectivity index (χ4v) is 2.44. The number of nitrogens with one attached hydrogen (secondary N) is 2. The highest BCUT2D eigenvalue weighted by Crippen LogP contribution is 2.25. The van der Waals surface area contributed by atoms with E-state index in [1.54, 1.807) is 6.20 Å². The maximum absolute atomic E-state index is 5.88. The predicted molar refractivity (Wildman–Crippen MR) is 86.3 cm³/mol. The van der Waals surface area contributed by atoms with Crippen LogP contribution in [0, 0.1) is 6.92 Å². The monoisotopic (exact) mass is 281 g/mol. The number of benzene rings is 1. The Bertz CT molecular complexity index is 734. The molecule has 0 bridgehead atoms. The Morgan fingerprint density at radius 2 is 2.19 bits per heavy atom. The number of hydrogen-bond donors (Lipinski definition) is 3. The summed E-state index contributed by atoms with van der Waals surface area (Å²) in [5.74, 6) is 1.02. The number of nitrogens with zero attached hydrogens (tertiary/aromatic N) is 2. The van der Waals surface area contributed by atoms with E-state index in [0.717, 1.165) is 53.2 Å². The number of aromatic nitrogens is 3. The quantitative estimate of drug-likeness (QED) is 0.496. The third kappa shape index (κ3) is 3.13. The van der Waals surface area contributed by atoms with E-state index in [2.05, 4.69) is 26.3 Å². The molecule has 0 saturated carbocycles. The second-order valence-electron chi connectivity index (χ2n) is 5.15. The van der Waals surface area contributed by atoms with Gasteiger partial charge in [0, 0.05) is 47.8 Å². The minimum absolute atomic E-state index is 0.756. The van der Waals surface area contributed by atoms with E-state index in [-0.39, 0.29) is 0 Å². The second-order valence-corrected chi connectivity index (χ2v) is 5.15.